The van der Waals surface area contributed by atoms with Crippen LogP contribution < -0.4 is 0 Å². The lowest BCUT2D eigenvalue weighted by Crippen LogP contribution is -2.09. The maximum Gasteiger partial charge on any atom is 0.0701 e. The first kappa shape index (κ1) is 17.2. The molecule has 3 heteroatoms. The van der Waals surface area contributed by atoms with E-state index in [1.54, 1.807) is 7.11 Å². The molecule has 0 radical (unpaired) electrons. The zero-order valence-electron chi connectivity index (χ0n) is 13.1. The molecule has 3 nitrogen and oxygen atoms in total. The molecule has 0 atom stereocenters. The van der Waals surface area contributed by atoms with E-state index in [0.29, 0.717) is 32.3 Å². The van der Waals surface area contributed by atoms with Gasteiger partial charge in [0.1, 0.15) is 0 Å². The molecule has 0 fully saturated rings. The van der Waals surface area contributed by atoms with Gasteiger partial charge in [0, 0.05) is 13.7 Å². The van der Waals surface area contributed by atoms with Crippen LogP contribution in [0.2, 0.25) is 0 Å². The van der Waals surface area contributed by atoms with Crippen LogP contribution in [-0.2, 0) is 20.6 Å². The summed E-state index contributed by atoms with van der Waals surface area (Å²) in [6.07, 6.45) is 2.13. The number of ether oxygens (including phenoxy) is 3. The molecule has 0 aliphatic rings. The molecule has 0 spiro atoms. The van der Waals surface area contributed by atoms with Crippen LogP contribution in [0, 0.1) is 0 Å². The second-order valence-corrected chi connectivity index (χ2v) is 5.22. The smallest absolute Gasteiger partial charge is 0.0701 e. The first-order valence-electron chi connectivity index (χ1n) is 7.47. The van der Waals surface area contributed by atoms with Gasteiger partial charge in [-0.15, -0.1) is 0 Å². The van der Waals surface area contributed by atoms with Crippen LogP contribution in [-0.4, -0.2) is 40.1 Å². The molecule has 0 saturated heterocycles. The van der Waals surface area contributed by atoms with Crippen LogP contribution in [0.3, 0.4) is 0 Å². The van der Waals surface area contributed by atoms with Crippen LogP contribution in [0.25, 0.3) is 0 Å². The summed E-state index contributed by atoms with van der Waals surface area (Å²) in [6, 6.07) is 8.90. The van der Waals surface area contributed by atoms with E-state index in [0.717, 1.165) is 19.4 Å². The summed E-state index contributed by atoms with van der Waals surface area (Å²) in [5.74, 6) is 0.602. The molecular weight excluding hydrogens is 252 g/mol. The van der Waals surface area contributed by atoms with Crippen molar-refractivity contribution in [2.45, 2.75) is 32.6 Å². The largest absolute Gasteiger partial charge is 0.382 e. The molecule has 114 valence electrons. The van der Waals surface area contributed by atoms with Crippen molar-refractivity contribution >= 4 is 0 Å². The first-order valence-corrected chi connectivity index (χ1v) is 7.47. The molecule has 0 amide bonds. The van der Waals surface area contributed by atoms with Gasteiger partial charge in [-0.1, -0.05) is 38.1 Å². The summed E-state index contributed by atoms with van der Waals surface area (Å²) >= 11 is 0. The third kappa shape index (κ3) is 7.63. The van der Waals surface area contributed by atoms with Crippen molar-refractivity contribution in [1.29, 1.82) is 0 Å². The fourth-order valence-corrected chi connectivity index (χ4v) is 1.91. The van der Waals surface area contributed by atoms with Gasteiger partial charge in [0.25, 0.3) is 0 Å². The summed E-state index contributed by atoms with van der Waals surface area (Å²) in [4.78, 5) is 0. The van der Waals surface area contributed by atoms with Crippen LogP contribution in [0.1, 0.15) is 37.3 Å². The molecule has 0 N–H and O–H groups in total. The lowest BCUT2D eigenvalue weighted by molar-refractivity contribution is 0.0244. The lowest BCUT2D eigenvalue weighted by Gasteiger charge is -2.08. The van der Waals surface area contributed by atoms with E-state index >= 15 is 0 Å². The highest BCUT2D eigenvalue weighted by Crippen LogP contribution is 2.15. The van der Waals surface area contributed by atoms with E-state index in [1.165, 1.54) is 11.1 Å². The van der Waals surface area contributed by atoms with Crippen molar-refractivity contribution in [1.82, 2.24) is 0 Å². The Balaban J connectivity index is 2.01. The molecule has 0 aromatic heterocycles. The molecule has 1 aromatic carbocycles. The van der Waals surface area contributed by atoms with Crippen LogP contribution >= 0.6 is 0 Å². The van der Waals surface area contributed by atoms with Crippen molar-refractivity contribution in [2.24, 2.45) is 0 Å². The molecule has 0 unspecified atom stereocenters. The van der Waals surface area contributed by atoms with Gasteiger partial charge < -0.3 is 14.2 Å². The Morgan fingerprint density at radius 1 is 0.850 bits per heavy atom. The van der Waals surface area contributed by atoms with Gasteiger partial charge in [-0.2, -0.15) is 0 Å². The monoisotopic (exact) mass is 280 g/mol. The topological polar surface area (TPSA) is 27.7 Å². The Bertz CT molecular complexity index is 333. The summed E-state index contributed by atoms with van der Waals surface area (Å²) in [7, 11) is 1.67. The second-order valence-electron chi connectivity index (χ2n) is 5.22. The third-order valence-corrected chi connectivity index (χ3v) is 3.20. The van der Waals surface area contributed by atoms with Crippen LogP contribution in [0.15, 0.2) is 24.3 Å². The van der Waals surface area contributed by atoms with E-state index in [2.05, 4.69) is 38.1 Å². The summed E-state index contributed by atoms with van der Waals surface area (Å²) < 4.78 is 15.7. The van der Waals surface area contributed by atoms with E-state index in [-0.39, 0.29) is 0 Å². The Morgan fingerprint density at radius 3 is 2.05 bits per heavy atom. The molecule has 0 saturated carbocycles. The Hall–Kier alpha value is -0.900. The van der Waals surface area contributed by atoms with Gasteiger partial charge in [-0.3, -0.25) is 0 Å². The summed E-state index contributed by atoms with van der Waals surface area (Å²) in [5, 5.41) is 0. The third-order valence-electron chi connectivity index (χ3n) is 3.20. The zero-order chi connectivity index (χ0) is 14.6. The molecule has 0 bridgehead atoms. The van der Waals surface area contributed by atoms with Crippen molar-refractivity contribution in [3.05, 3.63) is 35.4 Å². The highest BCUT2D eigenvalue weighted by molar-refractivity contribution is 5.24. The van der Waals surface area contributed by atoms with Crippen molar-refractivity contribution in [3.8, 4) is 0 Å². The average Bonchev–Trinajstić information content (AvgIpc) is 2.46. The standard InChI is InChI=1S/C17H28O3/c1-15(2)17-8-6-16(7-9-17)5-4-10-19-13-14-20-12-11-18-3/h6-9,15H,4-5,10-14H2,1-3H3. The number of aryl methyl sites for hydroxylation is 1. The van der Waals surface area contributed by atoms with Crippen molar-refractivity contribution in [3.63, 3.8) is 0 Å². The highest BCUT2D eigenvalue weighted by atomic mass is 16.5. The Kier molecular flexibility index (Phi) is 9.29. The quantitative estimate of drug-likeness (QED) is 0.581. The minimum atomic E-state index is 0.602. The van der Waals surface area contributed by atoms with Gasteiger partial charge in [-0.05, 0) is 29.9 Å². The zero-order valence-corrected chi connectivity index (χ0v) is 13.1. The predicted octanol–water partition coefficient (Wildman–Crippen LogP) is 3.42. The fraction of sp³-hybridized carbons (Fsp3) is 0.647. The number of rotatable bonds is 11. The summed E-state index contributed by atoms with van der Waals surface area (Å²) in [6.45, 7) is 7.82. The number of hydrogen-bond donors (Lipinski definition) is 0. The molecule has 0 aliphatic heterocycles. The van der Waals surface area contributed by atoms with Gasteiger partial charge >= 0.3 is 0 Å². The second kappa shape index (κ2) is 10.8. The normalized spacial score (nSPS) is 11.2. The van der Waals surface area contributed by atoms with Crippen LogP contribution in [0.5, 0.6) is 0 Å². The number of benzene rings is 1. The predicted molar refractivity (Wildman–Crippen MR) is 82.4 cm³/mol. The molecular formula is C17H28O3. The molecule has 0 aliphatic carbocycles. The fourth-order valence-electron chi connectivity index (χ4n) is 1.91. The maximum atomic E-state index is 5.53. The SMILES string of the molecule is COCCOCCOCCCc1ccc(C(C)C)cc1. The van der Waals surface area contributed by atoms with E-state index in [1.807, 2.05) is 0 Å². The minimum Gasteiger partial charge on any atom is -0.382 e. The number of methoxy groups -OCH3 is 1. The van der Waals surface area contributed by atoms with Gasteiger partial charge in [-0.25, -0.2) is 0 Å². The Morgan fingerprint density at radius 2 is 1.45 bits per heavy atom. The lowest BCUT2D eigenvalue weighted by atomic mass is 10.0. The van der Waals surface area contributed by atoms with Crippen molar-refractivity contribution < 1.29 is 14.2 Å². The van der Waals surface area contributed by atoms with Crippen molar-refractivity contribution in [2.75, 3.05) is 40.1 Å². The molecule has 1 rings (SSSR count). The molecule has 1 aromatic rings. The highest BCUT2D eigenvalue weighted by Gasteiger charge is 1.99. The molecule has 0 heterocycles. The molecule has 20 heavy (non-hydrogen) atoms. The maximum absolute atomic E-state index is 5.53. The van der Waals surface area contributed by atoms with E-state index < -0.39 is 0 Å². The van der Waals surface area contributed by atoms with Crippen LogP contribution in [0.4, 0.5) is 0 Å². The minimum absolute atomic E-state index is 0.602. The van der Waals surface area contributed by atoms with E-state index in [4.69, 9.17) is 14.2 Å². The summed E-state index contributed by atoms with van der Waals surface area (Å²) in [5.41, 5.74) is 2.78. The number of hydrogen-bond acceptors (Lipinski definition) is 3. The van der Waals surface area contributed by atoms with Gasteiger partial charge in [0.05, 0.1) is 26.4 Å². The average molecular weight is 280 g/mol. The van der Waals surface area contributed by atoms with E-state index in [9.17, 15) is 0 Å². The first-order chi connectivity index (χ1) is 9.74. The van der Waals surface area contributed by atoms with Gasteiger partial charge in [0.15, 0.2) is 0 Å². The Labute approximate surface area is 123 Å². The van der Waals surface area contributed by atoms with Gasteiger partial charge in [0.2, 0.25) is 0 Å².